The highest BCUT2D eigenvalue weighted by molar-refractivity contribution is 6.05. The molecule has 4 N–H and O–H groups in total. The van der Waals surface area contributed by atoms with Gasteiger partial charge in [-0.15, -0.1) is 0 Å². The Kier molecular flexibility index (Phi) is 8.36. The minimum Gasteiger partial charge on any atom is -0.348 e. The summed E-state index contributed by atoms with van der Waals surface area (Å²) < 4.78 is 0. The lowest BCUT2D eigenvalue weighted by molar-refractivity contribution is 0.0906. The van der Waals surface area contributed by atoms with Crippen molar-refractivity contribution in [3.63, 3.8) is 0 Å². The third kappa shape index (κ3) is 6.00. The second kappa shape index (κ2) is 12.6. The normalized spacial score (nSPS) is 20.7. The number of amides is 2. The maximum atomic E-state index is 12.7. The van der Waals surface area contributed by atoms with Gasteiger partial charge in [-0.1, -0.05) is 25.7 Å². The van der Waals surface area contributed by atoms with E-state index in [1.807, 2.05) is 13.8 Å². The fraction of sp³-hybridized carbons (Fsp3) is 0.556. The highest BCUT2D eigenvalue weighted by Crippen LogP contribution is 2.42. The van der Waals surface area contributed by atoms with Gasteiger partial charge in [0.25, 0.3) is 11.8 Å². The van der Waals surface area contributed by atoms with Crippen molar-refractivity contribution >= 4 is 34.1 Å². The molecule has 8 rings (SSSR count). The van der Waals surface area contributed by atoms with Crippen LogP contribution in [0.5, 0.6) is 0 Å². The van der Waals surface area contributed by atoms with Gasteiger partial charge in [-0.25, -0.2) is 19.9 Å². The van der Waals surface area contributed by atoms with Crippen LogP contribution in [0.25, 0.3) is 22.3 Å². The number of aromatic nitrogens is 6. The van der Waals surface area contributed by atoms with Crippen LogP contribution < -0.4 is 10.6 Å². The summed E-state index contributed by atoms with van der Waals surface area (Å²) in [7, 11) is 0. The summed E-state index contributed by atoms with van der Waals surface area (Å²) in [5.41, 5.74) is 4.60. The summed E-state index contributed by atoms with van der Waals surface area (Å²) in [6, 6.07) is 4.54. The first-order valence-corrected chi connectivity index (χ1v) is 17.4. The maximum absolute atomic E-state index is 12.7. The smallest absolute Gasteiger partial charge is 0.255 e. The topological polar surface area (TPSA) is 189 Å². The number of H-pyrrole nitrogens is 2. The second-order valence-electron chi connectivity index (χ2n) is 14.3. The third-order valence-electron chi connectivity index (χ3n) is 11.1. The number of rotatable bonds is 8. The van der Waals surface area contributed by atoms with Gasteiger partial charge in [-0.2, -0.15) is 10.5 Å². The predicted octanol–water partition coefficient (Wildman–Crippen LogP) is 6.08. The van der Waals surface area contributed by atoms with Gasteiger partial charge >= 0.3 is 0 Å². The molecule has 4 heterocycles. The summed E-state index contributed by atoms with van der Waals surface area (Å²) >= 11 is 0. The first-order chi connectivity index (χ1) is 23.3. The Morgan fingerprint density at radius 3 is 1.44 bits per heavy atom. The van der Waals surface area contributed by atoms with E-state index in [4.69, 9.17) is 0 Å². The van der Waals surface area contributed by atoms with Crippen molar-refractivity contribution in [2.24, 2.45) is 10.8 Å². The summed E-state index contributed by atoms with van der Waals surface area (Å²) in [6.07, 6.45) is 19.1. The lowest BCUT2D eigenvalue weighted by Gasteiger charge is -2.28. The fourth-order valence-electron chi connectivity index (χ4n) is 7.43. The standard InChI is InChI=1S/2C18H21N5O/c2*1-11(18(10-19)6-2-3-7-18)22-17(24)13-8-20-16-15(13)23-14(9-21-16)12-4-5-12/h2*8-9,11-12H,2-7H2,1H3,(H,20,21)(H,22,24)/t2*11-/m10/s1. The number of fused-ring (bicyclic) bond motifs is 2. The molecule has 12 nitrogen and oxygen atoms in total. The minimum absolute atomic E-state index is 0.179. The molecule has 0 unspecified atom stereocenters. The monoisotopic (exact) mass is 646 g/mol. The summed E-state index contributed by atoms with van der Waals surface area (Å²) in [6.45, 7) is 3.87. The van der Waals surface area contributed by atoms with Gasteiger partial charge in [0, 0.05) is 36.3 Å². The lowest BCUT2D eigenvalue weighted by Crippen LogP contribution is -2.44. The molecule has 48 heavy (non-hydrogen) atoms. The molecule has 4 aromatic rings. The Morgan fingerprint density at radius 2 is 1.10 bits per heavy atom. The fourth-order valence-corrected chi connectivity index (χ4v) is 7.43. The summed E-state index contributed by atoms with van der Waals surface area (Å²) in [4.78, 5) is 49.6. The van der Waals surface area contributed by atoms with Crippen molar-refractivity contribution in [2.75, 3.05) is 0 Å². The summed E-state index contributed by atoms with van der Waals surface area (Å²) in [5, 5.41) is 25.2. The number of nitrogens with one attached hydrogen (secondary N) is 4. The van der Waals surface area contributed by atoms with Gasteiger partial charge in [0.1, 0.15) is 11.0 Å². The van der Waals surface area contributed by atoms with Gasteiger partial charge in [0.05, 0.1) is 57.9 Å². The molecule has 4 saturated carbocycles. The van der Waals surface area contributed by atoms with Crippen molar-refractivity contribution < 1.29 is 9.59 Å². The van der Waals surface area contributed by atoms with E-state index in [-0.39, 0.29) is 23.9 Å². The number of carbonyl (C=O) groups is 2. The molecule has 0 radical (unpaired) electrons. The van der Waals surface area contributed by atoms with Crippen molar-refractivity contribution in [3.8, 4) is 12.1 Å². The Balaban J connectivity index is 0.000000152. The van der Waals surface area contributed by atoms with E-state index in [2.05, 4.69) is 52.7 Å². The highest BCUT2D eigenvalue weighted by Gasteiger charge is 2.41. The van der Waals surface area contributed by atoms with Crippen LogP contribution in [0.15, 0.2) is 24.8 Å². The minimum atomic E-state index is -0.438. The molecular formula is C36H42N10O2. The average molecular weight is 647 g/mol. The van der Waals surface area contributed by atoms with Crippen LogP contribution in [-0.2, 0) is 0 Å². The third-order valence-corrected chi connectivity index (χ3v) is 11.1. The molecule has 0 saturated heterocycles. The molecular weight excluding hydrogens is 604 g/mol. The number of nitriles is 2. The molecule has 0 aliphatic heterocycles. The SMILES string of the molecule is C[C@@H](NC(=O)c1c[nH]c2ncc(C3CC3)nc12)C1(C#N)CCCC1.C[C@H](NC(=O)c1c[nH]c2ncc(C3CC3)nc12)C1(C#N)CCCC1. The van der Waals surface area contributed by atoms with Crippen LogP contribution >= 0.6 is 0 Å². The zero-order valence-electron chi connectivity index (χ0n) is 27.6. The molecule has 248 valence electrons. The molecule has 0 spiro atoms. The molecule has 0 aromatic carbocycles. The van der Waals surface area contributed by atoms with E-state index >= 15 is 0 Å². The zero-order valence-corrected chi connectivity index (χ0v) is 27.6. The van der Waals surface area contributed by atoms with Crippen LogP contribution in [0.2, 0.25) is 0 Å². The Bertz CT molecular complexity index is 1790. The molecule has 2 atom stereocenters. The average Bonchev–Trinajstić information content (AvgIpc) is 3.90. The molecule has 4 fully saturated rings. The molecule has 4 aromatic heterocycles. The molecule has 0 bridgehead atoms. The van der Waals surface area contributed by atoms with Crippen LogP contribution in [0.1, 0.15) is 135 Å². The largest absolute Gasteiger partial charge is 0.348 e. The van der Waals surface area contributed by atoms with Crippen LogP contribution in [0.3, 0.4) is 0 Å². The quantitative estimate of drug-likeness (QED) is 0.177. The van der Waals surface area contributed by atoms with Crippen molar-refractivity contribution in [2.45, 2.75) is 115 Å². The van der Waals surface area contributed by atoms with Crippen molar-refractivity contribution in [3.05, 3.63) is 47.3 Å². The Labute approximate surface area is 279 Å². The number of hydrogen-bond donors (Lipinski definition) is 4. The van der Waals surface area contributed by atoms with E-state index in [9.17, 15) is 20.1 Å². The van der Waals surface area contributed by atoms with Gasteiger partial charge < -0.3 is 20.6 Å². The number of hydrogen-bond acceptors (Lipinski definition) is 8. The van der Waals surface area contributed by atoms with Crippen molar-refractivity contribution in [1.82, 2.24) is 40.5 Å². The van der Waals surface area contributed by atoms with E-state index in [0.29, 0.717) is 45.3 Å². The molecule has 12 heteroatoms. The van der Waals surface area contributed by atoms with Gasteiger partial charge in [0.15, 0.2) is 11.3 Å². The van der Waals surface area contributed by atoms with E-state index < -0.39 is 10.8 Å². The molecule has 4 aliphatic rings. The second-order valence-corrected chi connectivity index (χ2v) is 14.3. The summed E-state index contributed by atoms with van der Waals surface area (Å²) in [5.74, 6) is 0.619. The highest BCUT2D eigenvalue weighted by atomic mass is 16.2. The number of aromatic amines is 2. The molecule has 4 aliphatic carbocycles. The number of nitrogens with zero attached hydrogens (tertiary/aromatic N) is 6. The number of carbonyl (C=O) groups excluding carboxylic acids is 2. The van der Waals surface area contributed by atoms with Crippen LogP contribution in [0, 0.1) is 33.5 Å². The van der Waals surface area contributed by atoms with E-state index in [0.717, 1.165) is 88.4 Å². The predicted molar refractivity (Wildman–Crippen MR) is 179 cm³/mol. The van der Waals surface area contributed by atoms with E-state index in [1.54, 1.807) is 24.8 Å². The Hall–Kier alpha value is -4.84. The Morgan fingerprint density at radius 1 is 0.729 bits per heavy atom. The van der Waals surface area contributed by atoms with Crippen LogP contribution in [0.4, 0.5) is 0 Å². The zero-order chi connectivity index (χ0) is 33.5. The van der Waals surface area contributed by atoms with Crippen LogP contribution in [-0.4, -0.2) is 53.8 Å². The lowest BCUT2D eigenvalue weighted by atomic mass is 9.81. The van der Waals surface area contributed by atoms with Gasteiger partial charge in [0.2, 0.25) is 0 Å². The first-order valence-electron chi connectivity index (χ1n) is 17.4. The van der Waals surface area contributed by atoms with Crippen molar-refractivity contribution in [1.29, 1.82) is 10.5 Å². The van der Waals surface area contributed by atoms with Gasteiger partial charge in [-0.3, -0.25) is 9.59 Å². The maximum Gasteiger partial charge on any atom is 0.255 e. The van der Waals surface area contributed by atoms with E-state index in [1.165, 1.54) is 0 Å². The first kappa shape index (κ1) is 31.7. The molecule has 2 amide bonds. The van der Waals surface area contributed by atoms with Gasteiger partial charge in [-0.05, 0) is 65.2 Å².